The van der Waals surface area contributed by atoms with Crippen molar-refractivity contribution in [2.45, 2.75) is 44.1 Å². The molecule has 0 bridgehead atoms. The largest absolute Gasteiger partial charge is 0.300 e. The van der Waals surface area contributed by atoms with Crippen molar-refractivity contribution in [3.63, 3.8) is 0 Å². The van der Waals surface area contributed by atoms with E-state index in [1.54, 1.807) is 0 Å². The highest BCUT2D eigenvalue weighted by atomic mass is 35.5. The van der Waals surface area contributed by atoms with Crippen LogP contribution in [0.4, 0.5) is 0 Å². The van der Waals surface area contributed by atoms with Gasteiger partial charge in [0.1, 0.15) is 0 Å². The normalized spacial score (nSPS) is 28.3. The molecule has 0 aromatic heterocycles. The zero-order valence-electron chi connectivity index (χ0n) is 10.6. The minimum atomic E-state index is 0. The molecule has 3 rings (SSSR count). The SMILES string of the molecule is Cl.Clc1ccccc1[C@H]1CCCN2CCCC[C@H]12. The number of hydrogen-bond acceptors (Lipinski definition) is 1. The fraction of sp³-hybridized carbons (Fsp3) is 0.600. The third-order valence-electron chi connectivity index (χ3n) is 4.39. The molecular weight excluding hydrogens is 265 g/mol. The summed E-state index contributed by atoms with van der Waals surface area (Å²) in [7, 11) is 0. The maximum Gasteiger partial charge on any atom is 0.0441 e. The van der Waals surface area contributed by atoms with Gasteiger partial charge in [-0.3, -0.25) is 4.90 Å². The highest BCUT2D eigenvalue weighted by Gasteiger charge is 2.34. The van der Waals surface area contributed by atoms with Gasteiger partial charge in [0.05, 0.1) is 0 Å². The first-order chi connectivity index (χ1) is 8.36. The zero-order chi connectivity index (χ0) is 11.7. The monoisotopic (exact) mass is 285 g/mol. The fourth-order valence-corrected chi connectivity index (χ4v) is 3.87. The van der Waals surface area contributed by atoms with E-state index in [1.807, 2.05) is 12.1 Å². The Morgan fingerprint density at radius 1 is 1.00 bits per heavy atom. The quantitative estimate of drug-likeness (QED) is 0.735. The van der Waals surface area contributed by atoms with Crippen molar-refractivity contribution in [3.8, 4) is 0 Å². The van der Waals surface area contributed by atoms with E-state index in [4.69, 9.17) is 11.6 Å². The molecule has 18 heavy (non-hydrogen) atoms. The topological polar surface area (TPSA) is 3.24 Å². The number of piperidine rings is 2. The molecule has 0 spiro atoms. The number of nitrogens with zero attached hydrogens (tertiary/aromatic N) is 1. The van der Waals surface area contributed by atoms with E-state index in [0.717, 1.165) is 11.1 Å². The standard InChI is InChI=1S/C15H20ClN.ClH/c16-14-8-2-1-6-12(14)13-7-5-11-17-10-4-3-9-15(13)17;/h1-2,6,8,13,15H,3-5,7,9-11H2;1H/t13-,15-;/m1./s1. The summed E-state index contributed by atoms with van der Waals surface area (Å²) in [5.74, 6) is 0.665. The molecule has 2 heterocycles. The number of halogens is 2. The van der Waals surface area contributed by atoms with Crippen LogP contribution in [0.5, 0.6) is 0 Å². The van der Waals surface area contributed by atoms with Crippen molar-refractivity contribution < 1.29 is 0 Å². The van der Waals surface area contributed by atoms with Crippen molar-refractivity contribution in [2.24, 2.45) is 0 Å². The van der Waals surface area contributed by atoms with Crippen molar-refractivity contribution in [3.05, 3.63) is 34.9 Å². The minimum Gasteiger partial charge on any atom is -0.300 e. The van der Waals surface area contributed by atoms with Crippen LogP contribution in [-0.4, -0.2) is 24.0 Å². The number of rotatable bonds is 1. The first kappa shape index (κ1) is 14.2. The molecule has 0 N–H and O–H groups in total. The summed E-state index contributed by atoms with van der Waals surface area (Å²) in [6.45, 7) is 2.59. The molecule has 100 valence electrons. The molecule has 3 heteroatoms. The van der Waals surface area contributed by atoms with E-state index in [0.29, 0.717) is 5.92 Å². The molecule has 0 radical (unpaired) electrons. The Kier molecular flexibility index (Phi) is 4.94. The smallest absolute Gasteiger partial charge is 0.0441 e. The van der Waals surface area contributed by atoms with Crippen LogP contribution in [0, 0.1) is 0 Å². The summed E-state index contributed by atoms with van der Waals surface area (Å²) in [6, 6.07) is 9.18. The van der Waals surface area contributed by atoms with Crippen molar-refractivity contribution >= 4 is 24.0 Å². The van der Waals surface area contributed by atoms with Gasteiger partial charge >= 0.3 is 0 Å². The Hall–Kier alpha value is -0.240. The summed E-state index contributed by atoms with van der Waals surface area (Å²) >= 11 is 6.37. The molecule has 1 aromatic rings. The molecule has 0 saturated carbocycles. The third-order valence-corrected chi connectivity index (χ3v) is 4.74. The Labute approximate surface area is 121 Å². The maximum atomic E-state index is 6.37. The second-order valence-electron chi connectivity index (χ2n) is 5.37. The van der Waals surface area contributed by atoms with Crippen LogP contribution < -0.4 is 0 Å². The van der Waals surface area contributed by atoms with Crippen molar-refractivity contribution in [2.75, 3.05) is 13.1 Å². The fourth-order valence-electron chi connectivity index (χ4n) is 3.60. The van der Waals surface area contributed by atoms with E-state index in [2.05, 4.69) is 17.0 Å². The van der Waals surface area contributed by atoms with E-state index < -0.39 is 0 Å². The summed E-state index contributed by atoms with van der Waals surface area (Å²) < 4.78 is 0. The van der Waals surface area contributed by atoms with Gasteiger partial charge in [0.2, 0.25) is 0 Å². The number of hydrogen-bond donors (Lipinski definition) is 0. The van der Waals surface area contributed by atoms with Crippen LogP contribution in [0.2, 0.25) is 5.02 Å². The molecule has 1 aromatic carbocycles. The lowest BCUT2D eigenvalue weighted by atomic mass is 9.79. The van der Waals surface area contributed by atoms with Crippen molar-refractivity contribution in [1.29, 1.82) is 0 Å². The van der Waals surface area contributed by atoms with Gasteiger partial charge in [0.25, 0.3) is 0 Å². The van der Waals surface area contributed by atoms with Crippen LogP contribution >= 0.6 is 24.0 Å². The Balaban J connectivity index is 0.00000120. The first-order valence-electron chi connectivity index (χ1n) is 6.85. The molecular formula is C15H21Cl2N. The highest BCUT2D eigenvalue weighted by Crippen LogP contribution is 2.39. The van der Waals surface area contributed by atoms with Crippen LogP contribution in [-0.2, 0) is 0 Å². The molecule has 2 atom stereocenters. The van der Waals surface area contributed by atoms with Gasteiger partial charge in [-0.2, -0.15) is 0 Å². The average molecular weight is 286 g/mol. The zero-order valence-corrected chi connectivity index (χ0v) is 12.2. The van der Waals surface area contributed by atoms with Gasteiger partial charge in [-0.15, -0.1) is 12.4 Å². The molecule has 1 nitrogen and oxygen atoms in total. The van der Waals surface area contributed by atoms with Crippen LogP contribution in [0.3, 0.4) is 0 Å². The van der Waals surface area contributed by atoms with E-state index in [9.17, 15) is 0 Å². The number of fused-ring (bicyclic) bond motifs is 1. The summed E-state index contributed by atoms with van der Waals surface area (Å²) in [4.78, 5) is 2.70. The summed E-state index contributed by atoms with van der Waals surface area (Å²) in [6.07, 6.45) is 6.76. The minimum absolute atomic E-state index is 0. The molecule has 0 amide bonds. The number of benzene rings is 1. The molecule has 2 aliphatic heterocycles. The average Bonchev–Trinajstić information content (AvgIpc) is 2.39. The van der Waals surface area contributed by atoms with Crippen LogP contribution in [0.25, 0.3) is 0 Å². The van der Waals surface area contributed by atoms with Crippen LogP contribution in [0.15, 0.2) is 24.3 Å². The van der Waals surface area contributed by atoms with Gasteiger partial charge in [-0.25, -0.2) is 0 Å². The van der Waals surface area contributed by atoms with Gasteiger partial charge < -0.3 is 0 Å². The highest BCUT2D eigenvalue weighted by molar-refractivity contribution is 6.31. The Bertz CT molecular complexity index is 392. The van der Waals surface area contributed by atoms with Crippen molar-refractivity contribution in [1.82, 2.24) is 4.90 Å². The Morgan fingerprint density at radius 3 is 2.61 bits per heavy atom. The van der Waals surface area contributed by atoms with Crippen LogP contribution in [0.1, 0.15) is 43.6 Å². The summed E-state index contributed by atoms with van der Waals surface area (Å²) in [5.41, 5.74) is 1.38. The van der Waals surface area contributed by atoms with E-state index >= 15 is 0 Å². The lowest BCUT2D eigenvalue weighted by Gasteiger charge is -2.44. The van der Waals surface area contributed by atoms with Gasteiger partial charge in [0.15, 0.2) is 0 Å². The third kappa shape index (κ3) is 2.68. The van der Waals surface area contributed by atoms with Gasteiger partial charge in [-0.1, -0.05) is 36.2 Å². The predicted molar refractivity (Wildman–Crippen MR) is 79.9 cm³/mol. The lowest BCUT2D eigenvalue weighted by Crippen LogP contribution is -2.46. The second-order valence-corrected chi connectivity index (χ2v) is 5.78. The molecule has 2 fully saturated rings. The molecule has 2 saturated heterocycles. The predicted octanol–water partition coefficient (Wildman–Crippen LogP) is 4.49. The van der Waals surface area contributed by atoms with E-state index in [-0.39, 0.29) is 12.4 Å². The van der Waals surface area contributed by atoms with E-state index in [1.165, 1.54) is 50.8 Å². The Morgan fingerprint density at radius 2 is 1.78 bits per heavy atom. The molecule has 2 aliphatic rings. The maximum absolute atomic E-state index is 6.37. The lowest BCUT2D eigenvalue weighted by molar-refractivity contribution is 0.0894. The molecule has 0 unspecified atom stereocenters. The van der Waals surface area contributed by atoms with Gasteiger partial charge in [-0.05, 0) is 50.4 Å². The second kappa shape index (κ2) is 6.27. The molecule has 0 aliphatic carbocycles. The first-order valence-corrected chi connectivity index (χ1v) is 7.22. The van der Waals surface area contributed by atoms with Gasteiger partial charge in [0, 0.05) is 17.0 Å². The summed E-state index contributed by atoms with van der Waals surface area (Å²) in [5, 5.41) is 0.963.